The van der Waals surface area contributed by atoms with E-state index in [-0.39, 0.29) is 54.1 Å². The average Bonchev–Trinajstić information content (AvgIpc) is 2.76. The summed E-state index contributed by atoms with van der Waals surface area (Å²) >= 11 is 0. The summed E-state index contributed by atoms with van der Waals surface area (Å²) in [6.07, 6.45) is 4.89. The largest absolute Gasteiger partial charge is 0.465 e. The first-order valence-electron chi connectivity index (χ1n) is 7.93. The number of rotatable bonds is 2. The topological polar surface area (TPSA) is 69.7 Å². The zero-order valence-corrected chi connectivity index (χ0v) is 13.2. The van der Waals surface area contributed by atoms with Crippen LogP contribution in [0.1, 0.15) is 33.6 Å². The van der Waals surface area contributed by atoms with Gasteiger partial charge in [-0.1, -0.05) is 19.9 Å². The van der Waals surface area contributed by atoms with Gasteiger partial charge in [0, 0.05) is 30.1 Å². The van der Waals surface area contributed by atoms with Gasteiger partial charge in [-0.3, -0.25) is 14.4 Å². The summed E-state index contributed by atoms with van der Waals surface area (Å²) in [5, 5.41) is 0. The van der Waals surface area contributed by atoms with Crippen LogP contribution >= 0.6 is 0 Å². The Morgan fingerprint density at radius 1 is 1.36 bits per heavy atom. The highest BCUT2D eigenvalue weighted by molar-refractivity contribution is 5.93. The molecule has 1 unspecified atom stereocenters. The third kappa shape index (κ3) is 2.18. The molecule has 1 aliphatic heterocycles. The van der Waals surface area contributed by atoms with Gasteiger partial charge in [-0.15, -0.1) is 0 Å². The normalized spacial score (nSPS) is 43.3. The number of hydrogen-bond donors (Lipinski definition) is 0. The van der Waals surface area contributed by atoms with Crippen molar-refractivity contribution in [3.05, 3.63) is 12.2 Å². The highest BCUT2D eigenvalue weighted by Crippen LogP contribution is 2.55. The van der Waals surface area contributed by atoms with Gasteiger partial charge in [0.2, 0.25) is 0 Å². The van der Waals surface area contributed by atoms with E-state index in [1.165, 1.54) is 6.92 Å². The lowest BCUT2D eigenvalue weighted by Crippen LogP contribution is -2.53. The average molecular weight is 306 g/mol. The third-order valence-electron chi connectivity index (χ3n) is 5.76. The number of ketones is 1. The van der Waals surface area contributed by atoms with Crippen molar-refractivity contribution in [2.24, 2.45) is 29.1 Å². The molecule has 3 rings (SSSR count). The Morgan fingerprint density at radius 2 is 2.09 bits per heavy atom. The molecule has 3 aliphatic rings. The van der Waals surface area contributed by atoms with Crippen LogP contribution in [-0.2, 0) is 23.9 Å². The molecule has 1 saturated heterocycles. The molecule has 5 heteroatoms. The molecular weight excluding hydrogens is 284 g/mol. The Balaban J connectivity index is 1.97. The molecule has 0 N–H and O–H groups in total. The standard InChI is InChI=1S/C17H22O5/c1-9-12-4-6-17(8-21-11(3)18)7-5-13(19)10(2)14(17)15(12)22-16(9)20/h5,7,9-10,12,14-15H,4,6,8H2,1-3H3/t9-,10+,12?,14+,15-,17-/m0/s1. The van der Waals surface area contributed by atoms with Crippen LogP contribution in [-0.4, -0.2) is 30.4 Å². The molecule has 0 aromatic heterocycles. The lowest BCUT2D eigenvalue weighted by molar-refractivity contribution is -0.160. The smallest absolute Gasteiger partial charge is 0.309 e. The first kappa shape index (κ1) is 15.3. The molecule has 1 heterocycles. The number of carbonyl (C=O) groups excluding carboxylic acids is 3. The Hall–Kier alpha value is -1.65. The molecule has 0 aromatic rings. The van der Waals surface area contributed by atoms with E-state index in [1.54, 1.807) is 6.08 Å². The maximum atomic E-state index is 12.1. The maximum absolute atomic E-state index is 12.1. The van der Waals surface area contributed by atoms with Gasteiger partial charge in [-0.05, 0) is 18.9 Å². The predicted octanol–water partition coefficient (Wildman–Crippen LogP) is 1.90. The van der Waals surface area contributed by atoms with E-state index in [0.29, 0.717) is 0 Å². The van der Waals surface area contributed by atoms with E-state index < -0.39 is 5.41 Å². The number of allylic oxidation sites excluding steroid dienone is 1. The summed E-state index contributed by atoms with van der Waals surface area (Å²) in [4.78, 5) is 35.3. The lowest BCUT2D eigenvalue weighted by Gasteiger charge is -2.50. The minimum atomic E-state index is -0.398. The predicted molar refractivity (Wildman–Crippen MR) is 77.6 cm³/mol. The molecule has 5 nitrogen and oxygen atoms in total. The molecule has 0 radical (unpaired) electrons. The molecule has 2 aliphatic carbocycles. The van der Waals surface area contributed by atoms with E-state index in [0.717, 1.165) is 12.8 Å². The zero-order chi connectivity index (χ0) is 16.1. The Kier molecular flexibility index (Phi) is 3.62. The third-order valence-corrected chi connectivity index (χ3v) is 5.76. The SMILES string of the molecule is CC(=O)OC[C@]12C=CC(=O)[C@@H](C)[C@@H]1[C@H]1OC(=O)[C@@H](C)C1CC2. The first-order valence-corrected chi connectivity index (χ1v) is 7.93. The summed E-state index contributed by atoms with van der Waals surface area (Å²) in [5.74, 6) is -0.754. The van der Waals surface area contributed by atoms with Crippen LogP contribution in [0.2, 0.25) is 0 Å². The van der Waals surface area contributed by atoms with Gasteiger partial charge >= 0.3 is 11.9 Å². The lowest BCUT2D eigenvalue weighted by atomic mass is 9.55. The summed E-state index contributed by atoms with van der Waals surface area (Å²) < 4.78 is 10.9. The monoisotopic (exact) mass is 306 g/mol. The molecule has 0 amide bonds. The van der Waals surface area contributed by atoms with Crippen molar-refractivity contribution in [3.63, 3.8) is 0 Å². The summed E-state index contributed by atoms with van der Waals surface area (Å²) in [6, 6.07) is 0. The van der Waals surface area contributed by atoms with Gasteiger partial charge in [0.15, 0.2) is 5.78 Å². The number of ether oxygens (including phenoxy) is 2. The second-order valence-corrected chi connectivity index (χ2v) is 6.96. The first-order chi connectivity index (χ1) is 10.4. The highest BCUT2D eigenvalue weighted by Gasteiger charge is 2.59. The van der Waals surface area contributed by atoms with Crippen LogP contribution in [0.15, 0.2) is 12.2 Å². The fraction of sp³-hybridized carbons (Fsp3) is 0.706. The fourth-order valence-electron chi connectivity index (χ4n) is 4.48. The minimum absolute atomic E-state index is 0.0553. The van der Waals surface area contributed by atoms with Gasteiger partial charge < -0.3 is 9.47 Å². The van der Waals surface area contributed by atoms with Crippen LogP contribution in [0.4, 0.5) is 0 Å². The zero-order valence-electron chi connectivity index (χ0n) is 13.2. The quantitative estimate of drug-likeness (QED) is 0.729. The van der Waals surface area contributed by atoms with Crippen molar-refractivity contribution >= 4 is 17.7 Å². The van der Waals surface area contributed by atoms with E-state index >= 15 is 0 Å². The van der Waals surface area contributed by atoms with Gasteiger partial charge in [0.25, 0.3) is 0 Å². The molecule has 1 saturated carbocycles. The minimum Gasteiger partial charge on any atom is -0.465 e. The van der Waals surface area contributed by atoms with Crippen molar-refractivity contribution in [3.8, 4) is 0 Å². The van der Waals surface area contributed by atoms with Crippen molar-refractivity contribution in [1.29, 1.82) is 0 Å². The van der Waals surface area contributed by atoms with Gasteiger partial charge in [-0.25, -0.2) is 0 Å². The van der Waals surface area contributed by atoms with E-state index in [4.69, 9.17) is 9.47 Å². The van der Waals surface area contributed by atoms with Crippen LogP contribution in [0.3, 0.4) is 0 Å². The number of hydrogen-bond acceptors (Lipinski definition) is 5. The highest BCUT2D eigenvalue weighted by atomic mass is 16.6. The van der Waals surface area contributed by atoms with E-state index in [1.807, 2.05) is 19.9 Å². The van der Waals surface area contributed by atoms with Crippen molar-refractivity contribution in [2.75, 3.05) is 6.61 Å². The van der Waals surface area contributed by atoms with Gasteiger partial charge in [-0.2, -0.15) is 0 Å². The van der Waals surface area contributed by atoms with Gasteiger partial charge in [0.1, 0.15) is 12.7 Å². The molecule has 120 valence electrons. The molecule has 6 atom stereocenters. The van der Waals surface area contributed by atoms with Crippen molar-refractivity contribution in [2.45, 2.75) is 39.7 Å². The summed E-state index contributed by atoms with van der Waals surface area (Å²) in [6.45, 7) is 5.42. The Bertz CT molecular complexity index is 551. The van der Waals surface area contributed by atoms with Crippen LogP contribution < -0.4 is 0 Å². The molecule has 0 spiro atoms. The number of fused-ring (bicyclic) bond motifs is 3. The Morgan fingerprint density at radius 3 is 2.77 bits per heavy atom. The van der Waals surface area contributed by atoms with Crippen molar-refractivity contribution in [1.82, 2.24) is 0 Å². The number of carbonyl (C=O) groups is 3. The fourth-order valence-corrected chi connectivity index (χ4v) is 4.48. The second-order valence-electron chi connectivity index (χ2n) is 6.96. The molecule has 2 fully saturated rings. The van der Waals surface area contributed by atoms with Gasteiger partial charge in [0.05, 0.1) is 5.92 Å². The molecule has 0 aromatic carbocycles. The number of esters is 2. The van der Waals surface area contributed by atoms with Crippen LogP contribution in [0, 0.1) is 29.1 Å². The molecule has 22 heavy (non-hydrogen) atoms. The summed E-state index contributed by atoms with van der Waals surface area (Å²) in [7, 11) is 0. The van der Waals surface area contributed by atoms with Crippen LogP contribution in [0.5, 0.6) is 0 Å². The van der Waals surface area contributed by atoms with Crippen molar-refractivity contribution < 1.29 is 23.9 Å². The second kappa shape index (κ2) is 5.21. The van der Waals surface area contributed by atoms with E-state index in [9.17, 15) is 14.4 Å². The van der Waals surface area contributed by atoms with Crippen LogP contribution in [0.25, 0.3) is 0 Å². The Labute approximate surface area is 130 Å². The molecular formula is C17H22O5. The molecule has 0 bridgehead atoms. The van der Waals surface area contributed by atoms with E-state index in [2.05, 4.69) is 0 Å². The summed E-state index contributed by atoms with van der Waals surface area (Å²) in [5.41, 5.74) is -0.398. The maximum Gasteiger partial charge on any atom is 0.309 e.